The number of hydrogen-bond acceptors (Lipinski definition) is 6. The largest absolute Gasteiger partial charge is 0.455 e. The maximum atomic E-state index is 12.3. The van der Waals surface area contributed by atoms with E-state index in [2.05, 4.69) is 6.58 Å². The van der Waals surface area contributed by atoms with Gasteiger partial charge in [0.2, 0.25) is 0 Å². The maximum absolute atomic E-state index is 12.3. The first kappa shape index (κ1) is 20.1. The Kier molecular flexibility index (Phi) is 6.21. The zero-order valence-electron chi connectivity index (χ0n) is 15.6. The number of fused-ring (bicyclic) bond motifs is 1. The van der Waals surface area contributed by atoms with Gasteiger partial charge in [0.05, 0.1) is 12.0 Å². The zero-order chi connectivity index (χ0) is 19.6. The first-order valence-electron chi connectivity index (χ1n) is 8.62. The molecule has 6 nitrogen and oxygen atoms in total. The number of aliphatic hydroxyl groups is 2. The van der Waals surface area contributed by atoms with Crippen molar-refractivity contribution in [2.24, 2.45) is 5.92 Å². The number of hydrogen-bond donors (Lipinski definition) is 2. The average molecular weight is 362 g/mol. The molecule has 0 aromatic heterocycles. The molecule has 0 unspecified atom stereocenters. The van der Waals surface area contributed by atoms with Crippen LogP contribution in [-0.4, -0.2) is 46.6 Å². The van der Waals surface area contributed by atoms with Crippen LogP contribution in [0.3, 0.4) is 0 Å². The molecule has 2 aliphatic rings. The molecule has 1 heterocycles. The minimum absolute atomic E-state index is 0.136. The second-order valence-electron chi connectivity index (χ2n) is 6.82. The molecular weight excluding hydrogens is 336 g/mol. The van der Waals surface area contributed by atoms with Gasteiger partial charge in [0, 0.05) is 11.1 Å². The van der Waals surface area contributed by atoms with Crippen molar-refractivity contribution in [2.45, 2.75) is 58.5 Å². The predicted octanol–water partition coefficient (Wildman–Crippen LogP) is 1.98. The van der Waals surface area contributed by atoms with Gasteiger partial charge in [-0.2, -0.15) is 0 Å². The molecule has 0 aromatic carbocycles. The van der Waals surface area contributed by atoms with Crippen LogP contribution in [0.2, 0.25) is 0 Å². The molecule has 0 aromatic rings. The van der Waals surface area contributed by atoms with Crippen LogP contribution in [-0.2, 0) is 19.1 Å². The maximum Gasteiger partial charge on any atom is 0.334 e. The van der Waals surface area contributed by atoms with E-state index in [1.807, 2.05) is 0 Å². The minimum Gasteiger partial charge on any atom is -0.455 e. The smallest absolute Gasteiger partial charge is 0.334 e. The highest BCUT2D eigenvalue weighted by atomic mass is 16.6. The standard InChI is InChI=1S/C20H26O6/c1-6-10(2)19(23)26-18-16-13(5)20(24)25-15(16)9-12(4)14(21)8-7-11(3)17(18)22/h6-7,9,14-18,21-22H,5,8H2,1-4H3/b10-6-,11-7+,12-9+/t14-,15-,16+,17+,18+/m0/s1. The van der Waals surface area contributed by atoms with Crippen molar-refractivity contribution < 1.29 is 29.3 Å². The van der Waals surface area contributed by atoms with Gasteiger partial charge >= 0.3 is 11.9 Å². The van der Waals surface area contributed by atoms with E-state index in [9.17, 15) is 19.8 Å². The van der Waals surface area contributed by atoms with Crippen LogP contribution in [0.5, 0.6) is 0 Å². The molecule has 142 valence electrons. The molecule has 1 aliphatic carbocycles. The number of esters is 2. The minimum atomic E-state index is -1.15. The van der Waals surface area contributed by atoms with Crippen LogP contribution < -0.4 is 0 Å². The molecule has 26 heavy (non-hydrogen) atoms. The molecule has 1 saturated heterocycles. The Bertz CT molecular complexity index is 699. The van der Waals surface area contributed by atoms with Crippen LogP contribution in [0.1, 0.15) is 34.1 Å². The molecule has 2 rings (SSSR count). The Hall–Kier alpha value is -2.18. The van der Waals surface area contributed by atoms with E-state index in [1.54, 1.807) is 45.9 Å². The van der Waals surface area contributed by atoms with Crippen molar-refractivity contribution in [1.29, 1.82) is 0 Å². The summed E-state index contributed by atoms with van der Waals surface area (Å²) >= 11 is 0. The lowest BCUT2D eigenvalue weighted by Gasteiger charge is -2.31. The zero-order valence-corrected chi connectivity index (χ0v) is 15.6. The van der Waals surface area contributed by atoms with Gasteiger partial charge in [-0.25, -0.2) is 9.59 Å². The normalized spacial score (nSPS) is 37.0. The second kappa shape index (κ2) is 8.01. The van der Waals surface area contributed by atoms with Gasteiger partial charge in [-0.05, 0) is 51.3 Å². The van der Waals surface area contributed by atoms with E-state index in [0.29, 0.717) is 23.1 Å². The first-order valence-corrected chi connectivity index (χ1v) is 8.62. The van der Waals surface area contributed by atoms with Gasteiger partial charge in [0.1, 0.15) is 18.3 Å². The summed E-state index contributed by atoms with van der Waals surface area (Å²) in [6.07, 6.45) is 1.54. The van der Waals surface area contributed by atoms with E-state index in [4.69, 9.17) is 9.47 Å². The van der Waals surface area contributed by atoms with E-state index < -0.39 is 42.3 Å². The topological polar surface area (TPSA) is 93.1 Å². The summed E-state index contributed by atoms with van der Waals surface area (Å²) in [6.45, 7) is 10.5. The van der Waals surface area contributed by atoms with Crippen molar-refractivity contribution >= 4 is 11.9 Å². The molecular formula is C20H26O6. The Morgan fingerprint density at radius 1 is 1.35 bits per heavy atom. The highest BCUT2D eigenvalue weighted by Gasteiger charge is 2.47. The molecule has 0 spiro atoms. The lowest BCUT2D eigenvalue weighted by molar-refractivity contribution is -0.153. The van der Waals surface area contributed by atoms with Crippen molar-refractivity contribution in [3.63, 3.8) is 0 Å². The molecule has 2 N–H and O–H groups in total. The number of aliphatic hydroxyl groups excluding tert-OH is 2. The molecule has 0 saturated carbocycles. The van der Waals surface area contributed by atoms with E-state index >= 15 is 0 Å². The Morgan fingerprint density at radius 3 is 2.62 bits per heavy atom. The van der Waals surface area contributed by atoms with Gasteiger partial charge in [-0.1, -0.05) is 18.7 Å². The van der Waals surface area contributed by atoms with Gasteiger partial charge in [0.25, 0.3) is 0 Å². The van der Waals surface area contributed by atoms with Gasteiger partial charge in [-0.15, -0.1) is 0 Å². The Balaban J connectivity index is 2.51. The lowest BCUT2D eigenvalue weighted by atomic mass is 9.83. The second-order valence-corrected chi connectivity index (χ2v) is 6.82. The first-order chi connectivity index (χ1) is 12.2. The number of ether oxygens (including phenoxy) is 2. The Morgan fingerprint density at radius 2 is 2.00 bits per heavy atom. The number of carbonyl (C=O) groups excluding carboxylic acids is 2. The van der Waals surface area contributed by atoms with Crippen LogP contribution >= 0.6 is 0 Å². The molecule has 1 aliphatic heterocycles. The molecule has 5 atom stereocenters. The third kappa shape index (κ3) is 3.97. The fraction of sp³-hybridized carbons (Fsp3) is 0.500. The Labute approximate surface area is 153 Å². The predicted molar refractivity (Wildman–Crippen MR) is 96.0 cm³/mol. The SMILES string of the molecule is C=C1C(=O)O[C@H]2/C=C(\C)[C@@H](O)C/C=C(\C)[C@@H](O)[C@H](OC(=O)/C(C)=C\C)[C@H]12. The summed E-state index contributed by atoms with van der Waals surface area (Å²) in [5, 5.41) is 21.0. The highest BCUT2D eigenvalue weighted by molar-refractivity contribution is 5.92. The van der Waals surface area contributed by atoms with Crippen LogP contribution in [0.25, 0.3) is 0 Å². The van der Waals surface area contributed by atoms with Gasteiger partial charge in [-0.3, -0.25) is 0 Å². The average Bonchev–Trinajstić information content (AvgIpc) is 2.88. The van der Waals surface area contributed by atoms with Crippen LogP contribution in [0.15, 0.2) is 47.1 Å². The highest BCUT2D eigenvalue weighted by Crippen LogP contribution is 2.36. The quantitative estimate of drug-likeness (QED) is 0.443. The molecule has 6 heteroatoms. The molecule has 0 radical (unpaired) electrons. The number of carbonyl (C=O) groups is 2. The molecule has 0 amide bonds. The summed E-state index contributed by atoms with van der Waals surface area (Å²) < 4.78 is 10.9. The summed E-state index contributed by atoms with van der Waals surface area (Å²) in [5.41, 5.74) is 1.71. The number of allylic oxidation sites excluding steroid dienone is 1. The summed E-state index contributed by atoms with van der Waals surface area (Å²) in [5.74, 6) is -1.92. The number of rotatable bonds is 2. The van der Waals surface area contributed by atoms with Crippen LogP contribution in [0.4, 0.5) is 0 Å². The molecule has 0 bridgehead atoms. The third-order valence-corrected chi connectivity index (χ3v) is 5.01. The van der Waals surface area contributed by atoms with Crippen molar-refractivity contribution in [2.75, 3.05) is 0 Å². The van der Waals surface area contributed by atoms with E-state index in [-0.39, 0.29) is 5.57 Å². The summed E-state index contributed by atoms with van der Waals surface area (Å²) in [6, 6.07) is 0. The van der Waals surface area contributed by atoms with Crippen LogP contribution in [0, 0.1) is 5.92 Å². The monoisotopic (exact) mass is 362 g/mol. The fourth-order valence-electron chi connectivity index (χ4n) is 3.03. The molecule has 1 fully saturated rings. The van der Waals surface area contributed by atoms with Gasteiger partial charge < -0.3 is 19.7 Å². The summed E-state index contributed by atoms with van der Waals surface area (Å²) in [4.78, 5) is 24.4. The summed E-state index contributed by atoms with van der Waals surface area (Å²) in [7, 11) is 0. The van der Waals surface area contributed by atoms with E-state index in [0.717, 1.165) is 0 Å². The van der Waals surface area contributed by atoms with Crippen molar-refractivity contribution in [3.05, 3.63) is 47.1 Å². The van der Waals surface area contributed by atoms with Crippen molar-refractivity contribution in [1.82, 2.24) is 0 Å². The van der Waals surface area contributed by atoms with Crippen molar-refractivity contribution in [3.8, 4) is 0 Å². The third-order valence-electron chi connectivity index (χ3n) is 5.01. The lowest BCUT2D eigenvalue weighted by Crippen LogP contribution is -2.42. The van der Waals surface area contributed by atoms with Gasteiger partial charge in [0.15, 0.2) is 0 Å². The fourth-order valence-corrected chi connectivity index (χ4v) is 3.03. The van der Waals surface area contributed by atoms with E-state index in [1.165, 1.54) is 0 Å².